The largest absolute Gasteiger partial charge is 0.493 e. The zero-order valence-electron chi connectivity index (χ0n) is 10.00. The van der Waals surface area contributed by atoms with Crippen molar-refractivity contribution in [3.05, 3.63) is 53.6 Å². The van der Waals surface area contributed by atoms with Crippen molar-refractivity contribution in [1.82, 2.24) is 0 Å². The fourth-order valence-corrected chi connectivity index (χ4v) is 2.44. The molecular weight excluding hydrogens is 253 g/mol. The zero-order valence-corrected chi connectivity index (χ0v) is 10.00. The number of fused-ring (bicyclic) bond motifs is 1. The van der Waals surface area contributed by atoms with Crippen LogP contribution in [0.5, 0.6) is 5.75 Å². The van der Waals surface area contributed by atoms with Crippen LogP contribution in [0.3, 0.4) is 0 Å². The quantitative estimate of drug-likeness (QED) is 0.745. The van der Waals surface area contributed by atoms with Gasteiger partial charge in [-0.3, -0.25) is 0 Å². The third-order valence-electron chi connectivity index (χ3n) is 3.27. The van der Waals surface area contributed by atoms with E-state index in [0.29, 0.717) is 24.3 Å². The minimum absolute atomic E-state index is 0.220. The van der Waals surface area contributed by atoms with Gasteiger partial charge in [-0.2, -0.15) is 13.2 Å². The van der Waals surface area contributed by atoms with E-state index in [0.717, 1.165) is 11.6 Å². The average Bonchev–Trinajstić information content (AvgIpc) is 2.85. The van der Waals surface area contributed by atoms with Gasteiger partial charge in [0.25, 0.3) is 0 Å². The molecule has 2 aromatic rings. The maximum Gasteiger partial charge on any atom is 0.417 e. The Balaban J connectivity index is 2.21. The molecule has 1 nitrogen and oxygen atoms in total. The molecule has 0 aromatic heterocycles. The molecule has 98 valence electrons. The molecule has 0 saturated heterocycles. The van der Waals surface area contributed by atoms with Crippen molar-refractivity contribution in [2.75, 3.05) is 6.61 Å². The fraction of sp³-hybridized carbons (Fsp3) is 0.200. The van der Waals surface area contributed by atoms with Crippen molar-refractivity contribution in [2.24, 2.45) is 0 Å². The van der Waals surface area contributed by atoms with Gasteiger partial charge < -0.3 is 4.74 Å². The van der Waals surface area contributed by atoms with Crippen LogP contribution >= 0.6 is 0 Å². The SMILES string of the molecule is FC(F)(F)c1ccccc1-c1cccc2c1CCO2. The molecule has 0 atom stereocenters. The van der Waals surface area contributed by atoms with E-state index in [1.54, 1.807) is 24.3 Å². The summed E-state index contributed by atoms with van der Waals surface area (Å²) in [6, 6.07) is 10.9. The number of rotatable bonds is 1. The van der Waals surface area contributed by atoms with Crippen molar-refractivity contribution in [1.29, 1.82) is 0 Å². The molecule has 1 heterocycles. The van der Waals surface area contributed by atoms with E-state index >= 15 is 0 Å². The molecule has 1 aliphatic heterocycles. The maximum absolute atomic E-state index is 13.1. The summed E-state index contributed by atoms with van der Waals surface area (Å²) in [4.78, 5) is 0. The summed E-state index contributed by atoms with van der Waals surface area (Å²) in [5.41, 5.74) is 1.09. The predicted molar refractivity (Wildman–Crippen MR) is 66.1 cm³/mol. The van der Waals surface area contributed by atoms with Crippen molar-refractivity contribution in [3.63, 3.8) is 0 Å². The second-order valence-electron chi connectivity index (χ2n) is 4.42. The van der Waals surface area contributed by atoms with Gasteiger partial charge in [-0.25, -0.2) is 0 Å². The van der Waals surface area contributed by atoms with Crippen molar-refractivity contribution < 1.29 is 17.9 Å². The molecule has 3 rings (SSSR count). The Morgan fingerprint density at radius 3 is 2.42 bits per heavy atom. The van der Waals surface area contributed by atoms with Crippen LogP contribution in [0, 0.1) is 0 Å². The molecule has 0 unspecified atom stereocenters. The number of hydrogen-bond donors (Lipinski definition) is 0. The third kappa shape index (κ3) is 2.07. The molecule has 1 aliphatic rings. The number of alkyl halides is 3. The highest BCUT2D eigenvalue weighted by Crippen LogP contribution is 2.41. The van der Waals surface area contributed by atoms with Gasteiger partial charge in [0.2, 0.25) is 0 Å². The van der Waals surface area contributed by atoms with Gasteiger partial charge in [0.1, 0.15) is 5.75 Å². The van der Waals surface area contributed by atoms with E-state index in [1.807, 2.05) is 0 Å². The molecule has 0 bridgehead atoms. The van der Waals surface area contributed by atoms with Crippen LogP contribution in [0.25, 0.3) is 11.1 Å². The second-order valence-corrected chi connectivity index (χ2v) is 4.42. The highest BCUT2D eigenvalue weighted by Gasteiger charge is 2.34. The van der Waals surface area contributed by atoms with Gasteiger partial charge in [-0.05, 0) is 23.3 Å². The van der Waals surface area contributed by atoms with Crippen LogP contribution < -0.4 is 4.74 Å². The van der Waals surface area contributed by atoms with Gasteiger partial charge in [-0.1, -0.05) is 30.3 Å². The van der Waals surface area contributed by atoms with E-state index in [9.17, 15) is 13.2 Å². The van der Waals surface area contributed by atoms with Crippen molar-refractivity contribution in [3.8, 4) is 16.9 Å². The van der Waals surface area contributed by atoms with Crippen LogP contribution in [-0.4, -0.2) is 6.61 Å². The first kappa shape index (κ1) is 12.1. The smallest absolute Gasteiger partial charge is 0.417 e. The van der Waals surface area contributed by atoms with E-state index in [4.69, 9.17) is 4.74 Å². The summed E-state index contributed by atoms with van der Waals surface area (Å²) in [5.74, 6) is 0.689. The lowest BCUT2D eigenvalue weighted by molar-refractivity contribution is -0.137. The Kier molecular flexibility index (Phi) is 2.73. The number of benzene rings is 2. The van der Waals surface area contributed by atoms with Crippen molar-refractivity contribution in [2.45, 2.75) is 12.6 Å². The van der Waals surface area contributed by atoms with Gasteiger partial charge in [0, 0.05) is 12.0 Å². The number of halogens is 3. The Morgan fingerprint density at radius 2 is 1.63 bits per heavy atom. The Hall–Kier alpha value is -1.97. The van der Waals surface area contributed by atoms with E-state index in [1.165, 1.54) is 12.1 Å². The molecule has 0 N–H and O–H groups in total. The van der Waals surface area contributed by atoms with Crippen LogP contribution in [-0.2, 0) is 12.6 Å². The summed E-state index contributed by atoms with van der Waals surface area (Å²) in [7, 11) is 0. The zero-order chi connectivity index (χ0) is 13.5. The first-order valence-corrected chi connectivity index (χ1v) is 5.98. The minimum atomic E-state index is -4.35. The standard InChI is InChI=1S/C15H11F3O/c16-15(17,18)13-6-2-1-4-11(13)10-5-3-7-14-12(10)8-9-19-14/h1-7H,8-9H2. The Labute approximate surface area is 108 Å². The lowest BCUT2D eigenvalue weighted by Gasteiger charge is -2.14. The molecule has 0 fully saturated rings. The van der Waals surface area contributed by atoms with Crippen LogP contribution in [0.1, 0.15) is 11.1 Å². The van der Waals surface area contributed by atoms with E-state index < -0.39 is 11.7 Å². The highest BCUT2D eigenvalue weighted by molar-refractivity contribution is 5.74. The summed E-state index contributed by atoms with van der Waals surface area (Å²) in [6.07, 6.45) is -3.70. The van der Waals surface area contributed by atoms with E-state index in [2.05, 4.69) is 0 Å². The van der Waals surface area contributed by atoms with Crippen LogP contribution in [0.4, 0.5) is 13.2 Å². The molecule has 4 heteroatoms. The molecular formula is C15H11F3O. The van der Waals surface area contributed by atoms with Crippen LogP contribution in [0.15, 0.2) is 42.5 Å². The molecule has 2 aromatic carbocycles. The fourth-order valence-electron chi connectivity index (χ4n) is 2.44. The molecule has 19 heavy (non-hydrogen) atoms. The van der Waals surface area contributed by atoms with Gasteiger partial charge in [-0.15, -0.1) is 0 Å². The summed E-state index contributed by atoms with van der Waals surface area (Å²) >= 11 is 0. The van der Waals surface area contributed by atoms with E-state index in [-0.39, 0.29) is 5.56 Å². The van der Waals surface area contributed by atoms with Gasteiger partial charge >= 0.3 is 6.18 Å². The lowest BCUT2D eigenvalue weighted by atomic mass is 9.94. The molecule has 0 spiro atoms. The topological polar surface area (TPSA) is 9.23 Å². The first-order chi connectivity index (χ1) is 9.07. The summed E-state index contributed by atoms with van der Waals surface area (Å²) in [5, 5.41) is 0. The molecule has 0 amide bonds. The van der Waals surface area contributed by atoms with Gasteiger partial charge in [0.15, 0.2) is 0 Å². The first-order valence-electron chi connectivity index (χ1n) is 5.98. The summed E-state index contributed by atoms with van der Waals surface area (Å²) in [6.45, 7) is 0.528. The monoisotopic (exact) mass is 264 g/mol. The Morgan fingerprint density at radius 1 is 0.895 bits per heavy atom. The molecule has 0 saturated carbocycles. The minimum Gasteiger partial charge on any atom is -0.493 e. The molecule has 0 radical (unpaired) electrons. The lowest BCUT2D eigenvalue weighted by Crippen LogP contribution is -2.07. The van der Waals surface area contributed by atoms with Crippen LogP contribution in [0.2, 0.25) is 0 Å². The third-order valence-corrected chi connectivity index (χ3v) is 3.27. The normalized spacial score (nSPS) is 14.1. The van der Waals surface area contributed by atoms with Crippen molar-refractivity contribution >= 4 is 0 Å². The second kappa shape index (κ2) is 4.30. The Bertz CT molecular complexity index is 617. The average molecular weight is 264 g/mol. The number of ether oxygens (including phenoxy) is 1. The predicted octanol–water partition coefficient (Wildman–Crippen LogP) is 4.31. The highest BCUT2D eigenvalue weighted by atomic mass is 19.4. The summed E-state index contributed by atoms with van der Waals surface area (Å²) < 4.78 is 44.6. The maximum atomic E-state index is 13.1. The number of hydrogen-bond acceptors (Lipinski definition) is 1. The molecule has 0 aliphatic carbocycles. The van der Waals surface area contributed by atoms with Gasteiger partial charge in [0.05, 0.1) is 12.2 Å².